The van der Waals surface area contributed by atoms with Gasteiger partial charge in [0.25, 0.3) is 0 Å². The Bertz CT molecular complexity index is 719. The summed E-state index contributed by atoms with van der Waals surface area (Å²) < 4.78 is 6.14. The fourth-order valence-electron chi connectivity index (χ4n) is 1.77. The maximum absolute atomic E-state index is 11.8. The van der Waals surface area contributed by atoms with E-state index in [-0.39, 0.29) is 5.75 Å². The average molecular weight is 425 g/mol. The second-order valence-electron chi connectivity index (χ2n) is 4.46. The van der Waals surface area contributed by atoms with Crippen molar-refractivity contribution in [3.05, 3.63) is 51.6 Å². The molecule has 0 heterocycles. The maximum atomic E-state index is 11.8. The lowest BCUT2D eigenvalue weighted by Crippen LogP contribution is -2.24. The monoisotopic (exact) mass is 425 g/mol. The summed E-state index contributed by atoms with van der Waals surface area (Å²) in [4.78, 5) is 11.8. The molecule has 0 unspecified atom stereocenters. The Morgan fingerprint density at radius 2 is 2.13 bits per heavy atom. The van der Waals surface area contributed by atoms with E-state index in [0.717, 1.165) is 5.56 Å². The molecule has 6 nitrogen and oxygen atoms in total. The Hall–Kier alpha value is -2.29. The summed E-state index contributed by atoms with van der Waals surface area (Å²) in [5.74, 6) is 0.809. The number of halogens is 1. The zero-order valence-electron chi connectivity index (χ0n) is 12.4. The molecule has 2 aromatic rings. The van der Waals surface area contributed by atoms with Crippen LogP contribution in [0.5, 0.6) is 11.5 Å². The van der Waals surface area contributed by atoms with E-state index in [0.29, 0.717) is 21.6 Å². The van der Waals surface area contributed by atoms with Gasteiger partial charge in [-0.1, -0.05) is 12.1 Å². The fraction of sp³-hybridized carbons (Fsp3) is 0.125. The van der Waals surface area contributed by atoms with Gasteiger partial charge in [-0.25, -0.2) is 10.2 Å². The third kappa shape index (κ3) is 5.13. The first-order chi connectivity index (χ1) is 11.1. The number of aromatic hydroxyl groups is 1. The maximum Gasteiger partial charge on any atom is 0.339 e. The van der Waals surface area contributed by atoms with Crippen LogP contribution in [0, 0.1) is 3.57 Å². The first kappa shape index (κ1) is 17.1. The van der Waals surface area contributed by atoms with E-state index in [1.165, 1.54) is 6.21 Å². The number of ether oxygens (including phenoxy) is 1. The molecule has 0 radical (unpaired) electrons. The van der Waals surface area contributed by atoms with E-state index in [9.17, 15) is 9.90 Å². The quantitative estimate of drug-likeness (QED) is 0.389. The number of hydrogen-bond acceptors (Lipinski definition) is 4. The summed E-state index contributed by atoms with van der Waals surface area (Å²) in [6.45, 7) is 2.39. The highest BCUT2D eigenvalue weighted by molar-refractivity contribution is 14.1. The minimum atomic E-state index is -0.470. The number of nitrogens with one attached hydrogen (secondary N) is 2. The van der Waals surface area contributed by atoms with E-state index in [1.54, 1.807) is 36.4 Å². The first-order valence-electron chi connectivity index (χ1n) is 6.90. The number of carbonyl (C=O) groups excluding carboxylic acids is 1. The smallest absolute Gasteiger partial charge is 0.339 e. The minimum absolute atomic E-state index is 0.209. The van der Waals surface area contributed by atoms with Crippen LogP contribution in [0.1, 0.15) is 12.5 Å². The standard InChI is InChI=1S/C16H16IN3O3/c1-2-23-15-6-4-3-5-13(15)19-16(22)20-18-10-11-7-8-14(21)12(17)9-11/h3-10,21H,2H2,1H3,(H2,19,20,22)/b18-10+. The Kier molecular flexibility index (Phi) is 6.21. The van der Waals surface area contributed by atoms with Gasteiger partial charge >= 0.3 is 6.03 Å². The third-order valence-electron chi connectivity index (χ3n) is 2.79. The number of amides is 2. The van der Waals surface area contributed by atoms with Crippen LogP contribution in [0.2, 0.25) is 0 Å². The molecule has 3 N–H and O–H groups in total. The van der Waals surface area contributed by atoms with Gasteiger partial charge in [-0.3, -0.25) is 0 Å². The summed E-state index contributed by atoms with van der Waals surface area (Å²) in [5, 5.41) is 16.0. The predicted octanol–water partition coefficient (Wildman–Crippen LogP) is 3.55. The molecule has 0 saturated carbocycles. The number of rotatable bonds is 5. The molecular weight excluding hydrogens is 409 g/mol. The highest BCUT2D eigenvalue weighted by Gasteiger charge is 2.06. The van der Waals surface area contributed by atoms with Crippen molar-refractivity contribution < 1.29 is 14.6 Å². The molecule has 2 rings (SSSR count). The van der Waals surface area contributed by atoms with Gasteiger partial charge in [0, 0.05) is 0 Å². The Labute approximate surface area is 147 Å². The number of para-hydroxylation sites is 2. The van der Waals surface area contributed by atoms with Gasteiger partial charge in [-0.2, -0.15) is 5.10 Å². The molecule has 0 aliphatic rings. The van der Waals surface area contributed by atoms with Gasteiger partial charge in [0.05, 0.1) is 22.1 Å². The van der Waals surface area contributed by atoms with Crippen LogP contribution in [0.25, 0.3) is 0 Å². The van der Waals surface area contributed by atoms with Crippen molar-refractivity contribution in [1.82, 2.24) is 5.43 Å². The van der Waals surface area contributed by atoms with Crippen molar-refractivity contribution in [2.45, 2.75) is 6.92 Å². The number of carbonyl (C=O) groups is 1. The largest absolute Gasteiger partial charge is 0.507 e. The van der Waals surface area contributed by atoms with Gasteiger partial charge in [-0.15, -0.1) is 0 Å². The molecule has 0 aliphatic carbocycles. The number of hydrogen-bond donors (Lipinski definition) is 3. The zero-order valence-corrected chi connectivity index (χ0v) is 14.6. The number of phenols is 1. The summed E-state index contributed by atoms with van der Waals surface area (Å²) in [6, 6.07) is 11.7. The van der Waals surface area contributed by atoms with E-state index >= 15 is 0 Å². The summed E-state index contributed by atoms with van der Waals surface area (Å²) >= 11 is 2.02. The van der Waals surface area contributed by atoms with Crippen molar-refractivity contribution in [3.8, 4) is 11.5 Å². The molecule has 2 aromatic carbocycles. The number of hydrazone groups is 1. The number of nitrogens with zero attached hydrogens (tertiary/aromatic N) is 1. The zero-order chi connectivity index (χ0) is 16.7. The Morgan fingerprint density at radius 1 is 1.35 bits per heavy atom. The minimum Gasteiger partial charge on any atom is -0.507 e. The number of anilines is 1. The molecule has 23 heavy (non-hydrogen) atoms. The second-order valence-corrected chi connectivity index (χ2v) is 5.63. The third-order valence-corrected chi connectivity index (χ3v) is 3.65. The van der Waals surface area contributed by atoms with Crippen molar-refractivity contribution in [3.63, 3.8) is 0 Å². The molecule has 0 atom stereocenters. The predicted molar refractivity (Wildman–Crippen MR) is 98.2 cm³/mol. The van der Waals surface area contributed by atoms with Gasteiger partial charge in [-0.05, 0) is 65.4 Å². The first-order valence-corrected chi connectivity index (χ1v) is 7.98. The number of phenolic OH excluding ortho intramolecular Hbond substituents is 1. The molecule has 0 fully saturated rings. The molecule has 0 saturated heterocycles. The lowest BCUT2D eigenvalue weighted by molar-refractivity contribution is 0.252. The average Bonchev–Trinajstić information content (AvgIpc) is 2.53. The van der Waals surface area contributed by atoms with E-state index in [2.05, 4.69) is 15.8 Å². The van der Waals surface area contributed by atoms with E-state index in [1.807, 2.05) is 35.6 Å². The molecule has 7 heteroatoms. The normalized spacial score (nSPS) is 10.5. The lowest BCUT2D eigenvalue weighted by atomic mass is 10.2. The Morgan fingerprint density at radius 3 is 2.87 bits per heavy atom. The summed E-state index contributed by atoms with van der Waals surface area (Å²) in [6.07, 6.45) is 1.50. The highest BCUT2D eigenvalue weighted by atomic mass is 127. The topological polar surface area (TPSA) is 83.0 Å². The van der Waals surface area contributed by atoms with Gasteiger partial charge in [0.1, 0.15) is 11.5 Å². The van der Waals surface area contributed by atoms with Crippen LogP contribution < -0.4 is 15.5 Å². The van der Waals surface area contributed by atoms with Crippen molar-refractivity contribution >= 4 is 40.5 Å². The molecule has 120 valence electrons. The van der Waals surface area contributed by atoms with Crippen LogP contribution in [0.15, 0.2) is 47.6 Å². The number of urea groups is 1. The van der Waals surface area contributed by atoms with E-state index in [4.69, 9.17) is 4.74 Å². The van der Waals surface area contributed by atoms with Crippen molar-refractivity contribution in [2.75, 3.05) is 11.9 Å². The van der Waals surface area contributed by atoms with Crippen LogP contribution in [-0.4, -0.2) is 24.0 Å². The van der Waals surface area contributed by atoms with Crippen LogP contribution in [0.4, 0.5) is 10.5 Å². The van der Waals surface area contributed by atoms with Crippen molar-refractivity contribution in [1.29, 1.82) is 0 Å². The summed E-state index contributed by atoms with van der Waals surface area (Å²) in [5.41, 5.74) is 3.72. The Balaban J connectivity index is 1.95. The van der Waals surface area contributed by atoms with Gasteiger partial charge < -0.3 is 15.2 Å². The SMILES string of the molecule is CCOc1ccccc1NC(=O)N/N=C/c1ccc(O)c(I)c1. The summed E-state index contributed by atoms with van der Waals surface area (Å²) in [7, 11) is 0. The van der Waals surface area contributed by atoms with Gasteiger partial charge in [0.2, 0.25) is 0 Å². The second kappa shape index (κ2) is 8.37. The highest BCUT2D eigenvalue weighted by Crippen LogP contribution is 2.23. The molecule has 0 bridgehead atoms. The van der Waals surface area contributed by atoms with E-state index < -0.39 is 6.03 Å². The van der Waals surface area contributed by atoms with Crippen LogP contribution in [-0.2, 0) is 0 Å². The lowest BCUT2D eigenvalue weighted by Gasteiger charge is -2.10. The fourth-order valence-corrected chi connectivity index (χ4v) is 2.31. The van der Waals surface area contributed by atoms with Gasteiger partial charge in [0.15, 0.2) is 0 Å². The van der Waals surface area contributed by atoms with Crippen molar-refractivity contribution in [2.24, 2.45) is 5.10 Å². The molecule has 0 aliphatic heterocycles. The van der Waals surface area contributed by atoms with Crippen LogP contribution >= 0.6 is 22.6 Å². The molecule has 0 spiro atoms. The molecule has 2 amide bonds. The number of benzene rings is 2. The van der Waals surface area contributed by atoms with Crippen LogP contribution in [0.3, 0.4) is 0 Å². The molecular formula is C16H16IN3O3. The molecule has 0 aromatic heterocycles.